The quantitative estimate of drug-likeness (QED) is 0.817. The molecular weight excluding hydrogens is 262 g/mol. The fourth-order valence-electron chi connectivity index (χ4n) is 2.69. The van der Waals surface area contributed by atoms with E-state index in [1.807, 2.05) is 16.5 Å². The van der Waals surface area contributed by atoms with Gasteiger partial charge in [0.25, 0.3) is 0 Å². The summed E-state index contributed by atoms with van der Waals surface area (Å²) in [4.78, 5) is 21.0. The predicted octanol–water partition coefficient (Wildman–Crippen LogP) is 1.22. The number of carbonyl (C=O) groups is 1. The van der Waals surface area contributed by atoms with Crippen molar-refractivity contribution in [2.45, 2.75) is 12.8 Å². The molecule has 1 atom stereocenters. The molecule has 1 unspecified atom stereocenters. The summed E-state index contributed by atoms with van der Waals surface area (Å²) in [6, 6.07) is 0. The first-order valence-electron chi connectivity index (χ1n) is 6.85. The second kappa shape index (κ2) is 5.88. The third kappa shape index (κ3) is 2.90. The van der Waals surface area contributed by atoms with Crippen molar-refractivity contribution < 1.29 is 9.53 Å². The first-order valence-corrected chi connectivity index (χ1v) is 7.73. The molecule has 0 spiro atoms. The van der Waals surface area contributed by atoms with Gasteiger partial charge in [-0.3, -0.25) is 4.79 Å². The highest BCUT2D eigenvalue weighted by molar-refractivity contribution is 7.13. The number of hydrogen-bond donors (Lipinski definition) is 0. The van der Waals surface area contributed by atoms with Crippen LogP contribution in [-0.2, 0) is 9.53 Å². The number of aromatic nitrogens is 1. The Morgan fingerprint density at radius 3 is 3.05 bits per heavy atom. The highest BCUT2D eigenvalue weighted by Crippen LogP contribution is 2.21. The molecule has 0 bridgehead atoms. The molecule has 0 radical (unpaired) electrons. The van der Waals surface area contributed by atoms with E-state index in [1.165, 1.54) is 0 Å². The fraction of sp³-hybridized carbons (Fsp3) is 0.692. The lowest BCUT2D eigenvalue weighted by molar-refractivity contribution is -0.135. The topological polar surface area (TPSA) is 45.7 Å². The lowest BCUT2D eigenvalue weighted by Crippen LogP contribution is -2.39. The van der Waals surface area contributed by atoms with E-state index in [-0.39, 0.29) is 11.8 Å². The molecule has 3 rings (SSSR count). The van der Waals surface area contributed by atoms with Gasteiger partial charge in [-0.1, -0.05) is 0 Å². The molecule has 5 nitrogen and oxygen atoms in total. The standard InChI is InChI=1S/C13H19N3O2S/c17-12(11-2-8-18-10-11)15-4-1-5-16(7-6-15)13-14-3-9-19-13/h3,9,11H,1-2,4-8,10H2. The summed E-state index contributed by atoms with van der Waals surface area (Å²) in [5, 5.41) is 3.07. The summed E-state index contributed by atoms with van der Waals surface area (Å²) in [5.41, 5.74) is 0. The minimum atomic E-state index is 0.0893. The smallest absolute Gasteiger partial charge is 0.228 e. The Morgan fingerprint density at radius 2 is 2.32 bits per heavy atom. The van der Waals surface area contributed by atoms with Crippen LogP contribution in [0.1, 0.15) is 12.8 Å². The number of nitrogens with zero attached hydrogens (tertiary/aromatic N) is 3. The van der Waals surface area contributed by atoms with Gasteiger partial charge in [0, 0.05) is 44.4 Å². The SMILES string of the molecule is O=C(C1CCOC1)N1CCCN(c2nccs2)CC1. The maximum absolute atomic E-state index is 12.4. The van der Waals surface area contributed by atoms with Crippen LogP contribution in [0, 0.1) is 5.92 Å². The molecule has 19 heavy (non-hydrogen) atoms. The molecule has 1 aromatic heterocycles. The molecule has 3 heterocycles. The molecule has 2 saturated heterocycles. The summed E-state index contributed by atoms with van der Waals surface area (Å²) < 4.78 is 5.31. The average molecular weight is 281 g/mol. The highest BCUT2D eigenvalue weighted by atomic mass is 32.1. The zero-order chi connectivity index (χ0) is 13.1. The molecule has 0 aromatic carbocycles. The molecule has 104 valence electrons. The van der Waals surface area contributed by atoms with Gasteiger partial charge < -0.3 is 14.5 Å². The maximum atomic E-state index is 12.4. The van der Waals surface area contributed by atoms with Gasteiger partial charge in [-0.2, -0.15) is 0 Å². The molecule has 1 aromatic rings. The van der Waals surface area contributed by atoms with E-state index in [9.17, 15) is 4.79 Å². The number of amides is 1. The van der Waals surface area contributed by atoms with Crippen molar-refractivity contribution in [1.82, 2.24) is 9.88 Å². The van der Waals surface area contributed by atoms with E-state index < -0.39 is 0 Å². The van der Waals surface area contributed by atoms with Crippen LogP contribution >= 0.6 is 11.3 Å². The van der Waals surface area contributed by atoms with Crippen LogP contribution in [0.25, 0.3) is 0 Å². The molecule has 1 amide bonds. The summed E-state index contributed by atoms with van der Waals surface area (Å²) >= 11 is 1.67. The second-order valence-electron chi connectivity index (χ2n) is 5.04. The van der Waals surface area contributed by atoms with Crippen molar-refractivity contribution in [2.24, 2.45) is 5.92 Å². The summed E-state index contributed by atoms with van der Waals surface area (Å²) in [5.74, 6) is 0.366. The molecule has 0 saturated carbocycles. The van der Waals surface area contributed by atoms with Gasteiger partial charge in [0.2, 0.25) is 5.91 Å². The van der Waals surface area contributed by atoms with Crippen molar-refractivity contribution in [1.29, 1.82) is 0 Å². The molecule has 2 aliphatic rings. The third-order valence-electron chi connectivity index (χ3n) is 3.78. The Labute approximate surface area is 117 Å². The van der Waals surface area contributed by atoms with Crippen molar-refractivity contribution >= 4 is 22.4 Å². The normalized spacial score (nSPS) is 24.5. The highest BCUT2D eigenvalue weighted by Gasteiger charge is 2.29. The van der Waals surface area contributed by atoms with E-state index in [0.29, 0.717) is 6.61 Å². The van der Waals surface area contributed by atoms with Crippen LogP contribution in [0.4, 0.5) is 5.13 Å². The van der Waals surface area contributed by atoms with Crippen LogP contribution in [0.2, 0.25) is 0 Å². The molecule has 2 aliphatic heterocycles. The van der Waals surface area contributed by atoms with Gasteiger partial charge in [-0.25, -0.2) is 4.98 Å². The van der Waals surface area contributed by atoms with Gasteiger partial charge >= 0.3 is 0 Å². The predicted molar refractivity (Wildman–Crippen MR) is 74.5 cm³/mol. The van der Waals surface area contributed by atoms with Crippen LogP contribution < -0.4 is 4.90 Å². The zero-order valence-electron chi connectivity index (χ0n) is 11.0. The van der Waals surface area contributed by atoms with E-state index in [1.54, 1.807) is 11.3 Å². The van der Waals surface area contributed by atoms with E-state index in [0.717, 1.165) is 50.8 Å². The summed E-state index contributed by atoms with van der Waals surface area (Å²) in [6.07, 6.45) is 3.73. The van der Waals surface area contributed by atoms with Crippen molar-refractivity contribution in [3.8, 4) is 0 Å². The number of hydrogen-bond acceptors (Lipinski definition) is 5. The minimum absolute atomic E-state index is 0.0893. The lowest BCUT2D eigenvalue weighted by Gasteiger charge is -2.23. The molecule has 0 N–H and O–H groups in total. The Kier molecular flexibility index (Phi) is 3.98. The van der Waals surface area contributed by atoms with Crippen LogP contribution in [0.5, 0.6) is 0 Å². The van der Waals surface area contributed by atoms with E-state index in [4.69, 9.17) is 4.74 Å². The van der Waals surface area contributed by atoms with Gasteiger partial charge in [-0.15, -0.1) is 11.3 Å². The monoisotopic (exact) mass is 281 g/mol. The number of anilines is 1. The van der Waals surface area contributed by atoms with Crippen molar-refractivity contribution in [3.63, 3.8) is 0 Å². The summed E-state index contributed by atoms with van der Waals surface area (Å²) in [7, 11) is 0. The largest absolute Gasteiger partial charge is 0.381 e. The number of thiazole rings is 1. The molecular formula is C13H19N3O2S. The van der Waals surface area contributed by atoms with Crippen molar-refractivity contribution in [3.05, 3.63) is 11.6 Å². The minimum Gasteiger partial charge on any atom is -0.381 e. The van der Waals surface area contributed by atoms with Crippen LogP contribution in [-0.4, -0.2) is 55.2 Å². The number of ether oxygens (including phenoxy) is 1. The zero-order valence-corrected chi connectivity index (χ0v) is 11.8. The Hall–Kier alpha value is -1.14. The number of carbonyl (C=O) groups excluding carboxylic acids is 1. The van der Waals surface area contributed by atoms with E-state index in [2.05, 4.69) is 9.88 Å². The Bertz CT molecular complexity index is 418. The first kappa shape index (κ1) is 12.9. The molecule has 6 heteroatoms. The fourth-order valence-corrected chi connectivity index (χ4v) is 3.39. The van der Waals surface area contributed by atoms with Gasteiger partial charge in [0.05, 0.1) is 12.5 Å². The second-order valence-corrected chi connectivity index (χ2v) is 5.91. The third-order valence-corrected chi connectivity index (χ3v) is 4.61. The lowest BCUT2D eigenvalue weighted by atomic mass is 10.1. The average Bonchev–Trinajstić information content (AvgIpc) is 3.08. The first-order chi connectivity index (χ1) is 9.34. The van der Waals surface area contributed by atoms with Gasteiger partial charge in [0.1, 0.15) is 0 Å². The molecule has 2 fully saturated rings. The van der Waals surface area contributed by atoms with Crippen LogP contribution in [0.15, 0.2) is 11.6 Å². The van der Waals surface area contributed by atoms with Gasteiger partial charge in [-0.05, 0) is 12.8 Å². The van der Waals surface area contributed by atoms with E-state index >= 15 is 0 Å². The van der Waals surface area contributed by atoms with Crippen molar-refractivity contribution in [2.75, 3.05) is 44.3 Å². The van der Waals surface area contributed by atoms with Gasteiger partial charge in [0.15, 0.2) is 5.13 Å². The molecule has 0 aliphatic carbocycles. The Balaban J connectivity index is 1.59. The number of rotatable bonds is 2. The summed E-state index contributed by atoms with van der Waals surface area (Å²) in [6.45, 7) is 4.86. The Morgan fingerprint density at radius 1 is 1.37 bits per heavy atom. The van der Waals surface area contributed by atoms with Crippen LogP contribution in [0.3, 0.4) is 0 Å². The maximum Gasteiger partial charge on any atom is 0.228 e.